The number of hydrogen-bond donors (Lipinski definition) is 1. The standard InChI is InChI=1S/C13H12N2O3/c1-7-9(6-14)13(16)8-4-11(17-2)12(18-3)5-10(8)15-7/h4-5H,1-3H3,(H,15,16). The van der Waals surface area contributed by atoms with Crippen LogP contribution in [0.1, 0.15) is 11.3 Å². The van der Waals surface area contributed by atoms with E-state index in [0.29, 0.717) is 28.1 Å². The van der Waals surface area contributed by atoms with E-state index in [9.17, 15) is 4.79 Å². The van der Waals surface area contributed by atoms with Crippen molar-refractivity contribution >= 4 is 10.9 Å². The Morgan fingerprint density at radius 2 is 1.83 bits per heavy atom. The summed E-state index contributed by atoms with van der Waals surface area (Å²) in [5.74, 6) is 0.994. The van der Waals surface area contributed by atoms with Crippen LogP contribution in [0.5, 0.6) is 11.5 Å². The Balaban J connectivity index is 2.91. The molecule has 0 radical (unpaired) electrons. The van der Waals surface area contributed by atoms with Crippen molar-refractivity contribution in [1.82, 2.24) is 4.98 Å². The minimum absolute atomic E-state index is 0.120. The molecule has 0 bridgehead atoms. The Labute approximate surface area is 104 Å². The second-order valence-corrected chi connectivity index (χ2v) is 3.82. The van der Waals surface area contributed by atoms with Crippen molar-refractivity contribution in [3.63, 3.8) is 0 Å². The third-order valence-electron chi connectivity index (χ3n) is 2.80. The molecule has 0 spiro atoms. The van der Waals surface area contributed by atoms with Gasteiger partial charge < -0.3 is 14.5 Å². The fourth-order valence-corrected chi connectivity index (χ4v) is 1.87. The maximum absolute atomic E-state index is 12.1. The quantitative estimate of drug-likeness (QED) is 0.872. The largest absolute Gasteiger partial charge is 0.493 e. The lowest BCUT2D eigenvalue weighted by Crippen LogP contribution is -2.10. The fourth-order valence-electron chi connectivity index (χ4n) is 1.87. The molecule has 1 N–H and O–H groups in total. The molecule has 18 heavy (non-hydrogen) atoms. The molecule has 1 aromatic carbocycles. The molecule has 1 aromatic heterocycles. The van der Waals surface area contributed by atoms with Gasteiger partial charge in [0.2, 0.25) is 5.43 Å². The van der Waals surface area contributed by atoms with Gasteiger partial charge in [0.05, 0.1) is 25.1 Å². The van der Waals surface area contributed by atoms with Crippen molar-refractivity contribution in [2.75, 3.05) is 14.2 Å². The number of rotatable bonds is 2. The van der Waals surface area contributed by atoms with Gasteiger partial charge in [-0.25, -0.2) is 0 Å². The van der Waals surface area contributed by atoms with Crippen LogP contribution in [0.3, 0.4) is 0 Å². The van der Waals surface area contributed by atoms with Gasteiger partial charge in [-0.2, -0.15) is 5.26 Å². The van der Waals surface area contributed by atoms with E-state index in [4.69, 9.17) is 14.7 Å². The predicted octanol–water partition coefficient (Wildman–Crippen LogP) is 1.73. The van der Waals surface area contributed by atoms with Crippen molar-refractivity contribution in [3.05, 3.63) is 33.6 Å². The van der Waals surface area contributed by atoms with Gasteiger partial charge >= 0.3 is 0 Å². The summed E-state index contributed by atoms with van der Waals surface area (Å²) >= 11 is 0. The number of aryl methyl sites for hydroxylation is 1. The lowest BCUT2D eigenvalue weighted by molar-refractivity contribution is 0.355. The molecule has 1 heterocycles. The van der Waals surface area contributed by atoms with E-state index in [1.807, 2.05) is 6.07 Å². The molecule has 0 aliphatic heterocycles. The minimum atomic E-state index is -0.301. The first kappa shape index (κ1) is 12.0. The van der Waals surface area contributed by atoms with Gasteiger partial charge in [0.1, 0.15) is 11.6 Å². The summed E-state index contributed by atoms with van der Waals surface area (Å²) in [6.07, 6.45) is 0. The number of aromatic nitrogens is 1. The molecule has 0 saturated carbocycles. The highest BCUT2D eigenvalue weighted by molar-refractivity contribution is 5.84. The summed E-state index contributed by atoms with van der Waals surface area (Å²) in [6, 6.07) is 5.17. The zero-order chi connectivity index (χ0) is 13.3. The number of ether oxygens (including phenoxy) is 2. The Kier molecular flexibility index (Phi) is 2.94. The number of hydrogen-bond acceptors (Lipinski definition) is 4. The van der Waals surface area contributed by atoms with E-state index in [0.717, 1.165) is 0 Å². The monoisotopic (exact) mass is 244 g/mol. The SMILES string of the molecule is COc1cc2[nH]c(C)c(C#N)c(=O)c2cc1OC. The normalized spacial score (nSPS) is 10.1. The molecule has 2 rings (SSSR count). The number of methoxy groups -OCH3 is 2. The lowest BCUT2D eigenvalue weighted by Gasteiger charge is -2.09. The van der Waals surface area contributed by atoms with Crippen LogP contribution < -0.4 is 14.9 Å². The first-order valence-electron chi connectivity index (χ1n) is 5.31. The van der Waals surface area contributed by atoms with Crippen LogP contribution in [0.4, 0.5) is 0 Å². The zero-order valence-corrected chi connectivity index (χ0v) is 10.3. The van der Waals surface area contributed by atoms with Crippen LogP contribution in [0.15, 0.2) is 16.9 Å². The highest BCUT2D eigenvalue weighted by Gasteiger charge is 2.12. The van der Waals surface area contributed by atoms with E-state index in [1.54, 1.807) is 19.1 Å². The molecule has 0 amide bonds. The van der Waals surface area contributed by atoms with Gasteiger partial charge in [0.25, 0.3) is 0 Å². The first-order valence-corrected chi connectivity index (χ1v) is 5.31. The maximum atomic E-state index is 12.1. The van der Waals surface area contributed by atoms with Crippen LogP contribution in [-0.4, -0.2) is 19.2 Å². The van der Waals surface area contributed by atoms with E-state index in [-0.39, 0.29) is 11.0 Å². The Bertz CT molecular complexity index is 711. The predicted molar refractivity (Wildman–Crippen MR) is 67.1 cm³/mol. The molecule has 0 unspecified atom stereocenters. The van der Waals surface area contributed by atoms with Gasteiger partial charge in [-0.15, -0.1) is 0 Å². The number of nitrogens with zero attached hydrogens (tertiary/aromatic N) is 1. The number of aromatic amines is 1. The molecule has 0 atom stereocenters. The van der Waals surface area contributed by atoms with Gasteiger partial charge in [0, 0.05) is 11.8 Å². The van der Waals surface area contributed by atoms with Crippen molar-refractivity contribution in [2.24, 2.45) is 0 Å². The van der Waals surface area contributed by atoms with Crippen molar-refractivity contribution in [3.8, 4) is 17.6 Å². The van der Waals surface area contributed by atoms with E-state index in [2.05, 4.69) is 4.98 Å². The van der Waals surface area contributed by atoms with Crippen molar-refractivity contribution in [2.45, 2.75) is 6.92 Å². The van der Waals surface area contributed by atoms with Gasteiger partial charge in [-0.3, -0.25) is 4.79 Å². The molecule has 5 heteroatoms. The van der Waals surface area contributed by atoms with Crippen LogP contribution in [0, 0.1) is 18.3 Å². The highest BCUT2D eigenvalue weighted by Crippen LogP contribution is 2.30. The molecule has 0 aliphatic rings. The van der Waals surface area contributed by atoms with Crippen molar-refractivity contribution < 1.29 is 9.47 Å². The maximum Gasteiger partial charge on any atom is 0.207 e. The molecule has 0 saturated heterocycles. The Morgan fingerprint density at radius 3 is 2.39 bits per heavy atom. The van der Waals surface area contributed by atoms with E-state index in [1.165, 1.54) is 14.2 Å². The van der Waals surface area contributed by atoms with E-state index < -0.39 is 0 Å². The van der Waals surface area contributed by atoms with Gasteiger partial charge in [-0.05, 0) is 13.0 Å². The Morgan fingerprint density at radius 1 is 1.22 bits per heavy atom. The Hall–Kier alpha value is -2.48. The molecular weight excluding hydrogens is 232 g/mol. The molecule has 0 fully saturated rings. The third kappa shape index (κ3) is 1.68. The molecular formula is C13H12N2O3. The minimum Gasteiger partial charge on any atom is -0.493 e. The fraction of sp³-hybridized carbons (Fsp3) is 0.231. The number of pyridine rings is 1. The first-order chi connectivity index (χ1) is 8.62. The summed E-state index contributed by atoms with van der Waals surface area (Å²) < 4.78 is 10.3. The number of benzene rings is 1. The highest BCUT2D eigenvalue weighted by atomic mass is 16.5. The number of nitriles is 1. The average Bonchev–Trinajstić information content (AvgIpc) is 2.37. The second-order valence-electron chi connectivity index (χ2n) is 3.82. The molecule has 0 aliphatic carbocycles. The number of fused-ring (bicyclic) bond motifs is 1. The second kappa shape index (κ2) is 4.41. The van der Waals surface area contributed by atoms with Crippen LogP contribution in [-0.2, 0) is 0 Å². The average molecular weight is 244 g/mol. The van der Waals surface area contributed by atoms with Crippen LogP contribution >= 0.6 is 0 Å². The molecule has 2 aromatic rings. The van der Waals surface area contributed by atoms with Crippen LogP contribution in [0.25, 0.3) is 10.9 Å². The van der Waals surface area contributed by atoms with E-state index >= 15 is 0 Å². The molecule has 5 nitrogen and oxygen atoms in total. The summed E-state index contributed by atoms with van der Waals surface area (Å²) in [6.45, 7) is 1.69. The van der Waals surface area contributed by atoms with Crippen molar-refractivity contribution in [1.29, 1.82) is 5.26 Å². The summed E-state index contributed by atoms with van der Waals surface area (Å²) in [7, 11) is 3.02. The smallest absolute Gasteiger partial charge is 0.207 e. The summed E-state index contributed by atoms with van der Waals surface area (Å²) in [4.78, 5) is 15.1. The third-order valence-corrected chi connectivity index (χ3v) is 2.80. The van der Waals surface area contributed by atoms with Crippen LogP contribution in [0.2, 0.25) is 0 Å². The topological polar surface area (TPSA) is 75.1 Å². The van der Waals surface area contributed by atoms with Gasteiger partial charge in [-0.1, -0.05) is 0 Å². The summed E-state index contributed by atoms with van der Waals surface area (Å²) in [5.41, 5.74) is 0.982. The lowest BCUT2D eigenvalue weighted by atomic mass is 10.1. The number of H-pyrrole nitrogens is 1. The molecule has 92 valence electrons. The summed E-state index contributed by atoms with van der Waals surface area (Å²) in [5, 5.41) is 9.37. The number of nitrogens with one attached hydrogen (secondary N) is 1. The zero-order valence-electron chi connectivity index (χ0n) is 10.3. The van der Waals surface area contributed by atoms with Gasteiger partial charge in [0.15, 0.2) is 11.5 Å².